The van der Waals surface area contributed by atoms with Gasteiger partial charge >= 0.3 is 5.97 Å². The van der Waals surface area contributed by atoms with Gasteiger partial charge in [0.15, 0.2) is 17.2 Å². The van der Waals surface area contributed by atoms with Crippen molar-refractivity contribution in [2.75, 3.05) is 20.8 Å². The van der Waals surface area contributed by atoms with Crippen LogP contribution in [0.1, 0.15) is 16.1 Å². The SMILES string of the molecule is COc1ccc(CCNC(=O)Cn2cc(C(=O)O)nn2)cc1OC. The molecule has 0 aliphatic carbocycles. The Bertz CT molecular complexity index is 728. The van der Waals surface area contributed by atoms with Crippen LogP contribution in [0.25, 0.3) is 0 Å². The van der Waals surface area contributed by atoms with Gasteiger partial charge in [0.05, 0.1) is 20.4 Å². The van der Waals surface area contributed by atoms with Crippen molar-refractivity contribution in [3.63, 3.8) is 0 Å². The number of amides is 1. The fourth-order valence-corrected chi connectivity index (χ4v) is 2.06. The van der Waals surface area contributed by atoms with E-state index in [0.29, 0.717) is 24.5 Å². The highest BCUT2D eigenvalue weighted by atomic mass is 16.5. The van der Waals surface area contributed by atoms with Crippen LogP contribution in [-0.4, -0.2) is 52.7 Å². The van der Waals surface area contributed by atoms with Crippen molar-refractivity contribution in [1.82, 2.24) is 20.3 Å². The molecular formula is C15H18N4O5. The van der Waals surface area contributed by atoms with Gasteiger partial charge in [-0.25, -0.2) is 9.48 Å². The molecule has 1 aromatic carbocycles. The lowest BCUT2D eigenvalue weighted by molar-refractivity contribution is -0.121. The topological polar surface area (TPSA) is 116 Å². The Balaban J connectivity index is 1.82. The number of methoxy groups -OCH3 is 2. The number of carboxylic acids is 1. The summed E-state index contributed by atoms with van der Waals surface area (Å²) in [6, 6.07) is 5.55. The van der Waals surface area contributed by atoms with Crippen LogP contribution in [0.3, 0.4) is 0 Å². The van der Waals surface area contributed by atoms with Gasteiger partial charge in [-0.3, -0.25) is 4.79 Å². The van der Waals surface area contributed by atoms with Gasteiger partial charge in [0.2, 0.25) is 5.91 Å². The highest BCUT2D eigenvalue weighted by Crippen LogP contribution is 2.27. The van der Waals surface area contributed by atoms with E-state index in [-0.39, 0.29) is 18.1 Å². The maximum absolute atomic E-state index is 11.8. The summed E-state index contributed by atoms with van der Waals surface area (Å²) >= 11 is 0. The number of rotatable bonds is 8. The Hall–Kier alpha value is -3.10. The number of aromatic carboxylic acids is 1. The lowest BCUT2D eigenvalue weighted by Gasteiger charge is -2.10. The van der Waals surface area contributed by atoms with Crippen LogP contribution in [0.4, 0.5) is 0 Å². The van der Waals surface area contributed by atoms with Crippen LogP contribution >= 0.6 is 0 Å². The minimum Gasteiger partial charge on any atom is -0.493 e. The predicted octanol–water partition coefficient (Wildman–Crippen LogP) is 0.352. The molecule has 1 heterocycles. The summed E-state index contributed by atoms with van der Waals surface area (Å²) in [6.07, 6.45) is 1.82. The van der Waals surface area contributed by atoms with E-state index < -0.39 is 5.97 Å². The molecule has 2 N–H and O–H groups in total. The van der Waals surface area contributed by atoms with E-state index in [2.05, 4.69) is 15.6 Å². The molecule has 9 nitrogen and oxygen atoms in total. The van der Waals surface area contributed by atoms with E-state index in [1.807, 2.05) is 12.1 Å². The summed E-state index contributed by atoms with van der Waals surface area (Å²) in [6.45, 7) is 0.334. The number of carbonyl (C=O) groups is 2. The molecule has 0 fully saturated rings. The number of hydrogen-bond acceptors (Lipinski definition) is 6. The van der Waals surface area contributed by atoms with Gasteiger partial charge < -0.3 is 19.9 Å². The molecule has 0 unspecified atom stereocenters. The van der Waals surface area contributed by atoms with Gasteiger partial charge in [0.1, 0.15) is 6.54 Å². The van der Waals surface area contributed by atoms with Gasteiger partial charge in [-0.15, -0.1) is 5.10 Å². The Morgan fingerprint density at radius 3 is 2.62 bits per heavy atom. The standard InChI is InChI=1S/C15H18N4O5/c1-23-12-4-3-10(7-13(12)24-2)5-6-16-14(20)9-19-8-11(15(21)22)17-18-19/h3-4,7-8H,5-6,9H2,1-2H3,(H,16,20)(H,21,22). The van der Waals surface area contributed by atoms with Crippen LogP contribution in [0.15, 0.2) is 24.4 Å². The fraction of sp³-hybridized carbons (Fsp3) is 0.333. The molecule has 0 spiro atoms. The van der Waals surface area contributed by atoms with Gasteiger partial charge in [0.25, 0.3) is 0 Å². The van der Waals surface area contributed by atoms with Gasteiger partial charge in [-0.05, 0) is 24.1 Å². The van der Waals surface area contributed by atoms with Crippen molar-refractivity contribution in [3.05, 3.63) is 35.7 Å². The summed E-state index contributed by atoms with van der Waals surface area (Å²) in [4.78, 5) is 22.5. The molecule has 0 aliphatic rings. The predicted molar refractivity (Wildman–Crippen MR) is 83.2 cm³/mol. The third-order valence-electron chi connectivity index (χ3n) is 3.25. The van der Waals surface area contributed by atoms with Crippen LogP contribution in [-0.2, 0) is 17.8 Å². The fourth-order valence-electron chi connectivity index (χ4n) is 2.06. The highest BCUT2D eigenvalue weighted by Gasteiger charge is 2.10. The maximum atomic E-state index is 11.8. The van der Waals surface area contributed by atoms with Crippen molar-refractivity contribution in [1.29, 1.82) is 0 Å². The summed E-state index contributed by atoms with van der Waals surface area (Å²) < 4.78 is 11.6. The molecule has 24 heavy (non-hydrogen) atoms. The minimum atomic E-state index is -1.19. The Labute approximate surface area is 138 Å². The van der Waals surface area contributed by atoms with E-state index in [9.17, 15) is 9.59 Å². The third kappa shape index (κ3) is 4.45. The van der Waals surface area contributed by atoms with Crippen molar-refractivity contribution in [2.24, 2.45) is 0 Å². The van der Waals surface area contributed by atoms with Gasteiger partial charge in [0, 0.05) is 6.54 Å². The van der Waals surface area contributed by atoms with Crippen LogP contribution in [0, 0.1) is 0 Å². The lowest BCUT2D eigenvalue weighted by atomic mass is 10.1. The first-order chi connectivity index (χ1) is 11.5. The van der Waals surface area contributed by atoms with Gasteiger partial charge in [-0.2, -0.15) is 0 Å². The second-order valence-electron chi connectivity index (χ2n) is 4.90. The molecule has 0 aliphatic heterocycles. The number of benzene rings is 1. The molecule has 0 bridgehead atoms. The first kappa shape index (κ1) is 17.3. The Morgan fingerprint density at radius 1 is 1.25 bits per heavy atom. The van der Waals surface area contributed by atoms with E-state index in [1.54, 1.807) is 20.3 Å². The number of ether oxygens (including phenoxy) is 2. The molecule has 9 heteroatoms. The Morgan fingerprint density at radius 2 is 2.00 bits per heavy atom. The quantitative estimate of drug-likeness (QED) is 0.715. The summed E-state index contributed by atoms with van der Waals surface area (Å²) in [5, 5.41) is 18.5. The largest absolute Gasteiger partial charge is 0.493 e. The maximum Gasteiger partial charge on any atom is 0.358 e. The molecular weight excluding hydrogens is 316 g/mol. The molecule has 0 atom stereocenters. The second-order valence-corrected chi connectivity index (χ2v) is 4.90. The van der Waals surface area contributed by atoms with Crippen molar-refractivity contribution < 1.29 is 24.2 Å². The van der Waals surface area contributed by atoms with E-state index >= 15 is 0 Å². The van der Waals surface area contributed by atoms with Crippen molar-refractivity contribution in [2.45, 2.75) is 13.0 Å². The molecule has 2 aromatic rings. The molecule has 0 radical (unpaired) electrons. The molecule has 0 saturated heterocycles. The smallest absolute Gasteiger partial charge is 0.358 e. The molecule has 128 valence electrons. The number of carboxylic acid groups (broad SMARTS) is 1. The summed E-state index contributed by atoms with van der Waals surface area (Å²) in [5.74, 6) is -0.191. The first-order valence-electron chi connectivity index (χ1n) is 7.14. The third-order valence-corrected chi connectivity index (χ3v) is 3.25. The molecule has 2 rings (SSSR count). The lowest BCUT2D eigenvalue weighted by Crippen LogP contribution is -2.29. The second kappa shape index (κ2) is 7.95. The number of carbonyl (C=O) groups excluding carboxylic acids is 1. The Kier molecular flexibility index (Phi) is 5.72. The van der Waals surface area contributed by atoms with Crippen LogP contribution < -0.4 is 14.8 Å². The number of nitrogens with one attached hydrogen (secondary N) is 1. The molecule has 1 amide bonds. The van der Waals surface area contributed by atoms with Crippen LogP contribution in [0.5, 0.6) is 11.5 Å². The normalized spacial score (nSPS) is 10.2. The molecule has 1 aromatic heterocycles. The van der Waals surface area contributed by atoms with Crippen molar-refractivity contribution >= 4 is 11.9 Å². The monoisotopic (exact) mass is 334 g/mol. The van der Waals surface area contributed by atoms with Gasteiger partial charge in [-0.1, -0.05) is 11.3 Å². The van der Waals surface area contributed by atoms with E-state index in [1.165, 1.54) is 10.9 Å². The zero-order chi connectivity index (χ0) is 17.5. The number of nitrogens with zero attached hydrogens (tertiary/aromatic N) is 3. The highest BCUT2D eigenvalue weighted by molar-refractivity contribution is 5.84. The number of aromatic nitrogens is 3. The number of hydrogen-bond donors (Lipinski definition) is 2. The average Bonchev–Trinajstić information content (AvgIpc) is 3.03. The average molecular weight is 334 g/mol. The first-order valence-corrected chi connectivity index (χ1v) is 7.14. The summed E-state index contributed by atoms with van der Waals surface area (Å²) in [5.41, 5.74) is 0.787. The zero-order valence-electron chi connectivity index (χ0n) is 13.4. The van der Waals surface area contributed by atoms with E-state index in [4.69, 9.17) is 14.6 Å². The molecule has 0 saturated carbocycles. The zero-order valence-corrected chi connectivity index (χ0v) is 13.4. The minimum absolute atomic E-state index is 0.0911. The van der Waals surface area contributed by atoms with E-state index in [0.717, 1.165) is 5.56 Å². The van der Waals surface area contributed by atoms with Crippen LogP contribution in [0.2, 0.25) is 0 Å². The summed E-state index contributed by atoms with van der Waals surface area (Å²) in [7, 11) is 3.13. The van der Waals surface area contributed by atoms with Crippen molar-refractivity contribution in [3.8, 4) is 11.5 Å².